The van der Waals surface area contributed by atoms with Crippen LogP contribution in [-0.4, -0.2) is 33.6 Å². The second kappa shape index (κ2) is 5.67. The standard InChI is InChI=1S/C15H19BrN2O3/c1-15(2,3)18(14(20)21)12-7-4-9-8-10(16)5-6-11(9)17-13(12)19/h5-6,8,12H,4,7H2,1-3H3,(H,17,19)(H,20,21). The van der Waals surface area contributed by atoms with Crippen molar-refractivity contribution in [2.45, 2.75) is 45.2 Å². The van der Waals surface area contributed by atoms with E-state index < -0.39 is 17.7 Å². The highest BCUT2D eigenvalue weighted by Gasteiger charge is 2.38. The van der Waals surface area contributed by atoms with Gasteiger partial charge in [0.2, 0.25) is 5.91 Å². The highest BCUT2D eigenvalue weighted by atomic mass is 79.9. The Hall–Kier alpha value is -1.56. The number of nitrogens with one attached hydrogen (secondary N) is 1. The highest BCUT2D eigenvalue weighted by Crippen LogP contribution is 2.29. The molecule has 21 heavy (non-hydrogen) atoms. The summed E-state index contributed by atoms with van der Waals surface area (Å²) in [6, 6.07) is 4.97. The molecule has 0 saturated heterocycles. The zero-order chi connectivity index (χ0) is 15.8. The van der Waals surface area contributed by atoms with Gasteiger partial charge in [0.25, 0.3) is 0 Å². The normalized spacial score (nSPS) is 18.5. The van der Waals surface area contributed by atoms with E-state index in [2.05, 4.69) is 21.2 Å². The maximum absolute atomic E-state index is 12.4. The van der Waals surface area contributed by atoms with E-state index in [0.29, 0.717) is 12.8 Å². The highest BCUT2D eigenvalue weighted by molar-refractivity contribution is 9.10. The first-order valence-electron chi connectivity index (χ1n) is 6.81. The Bertz CT molecular complexity index is 581. The molecule has 1 aromatic rings. The number of halogens is 1. The van der Waals surface area contributed by atoms with E-state index in [9.17, 15) is 14.7 Å². The average molecular weight is 355 g/mol. The van der Waals surface area contributed by atoms with Gasteiger partial charge in [-0.25, -0.2) is 4.79 Å². The van der Waals surface area contributed by atoms with Crippen LogP contribution in [0.2, 0.25) is 0 Å². The van der Waals surface area contributed by atoms with Crippen molar-refractivity contribution in [1.82, 2.24) is 4.90 Å². The number of hydrogen-bond donors (Lipinski definition) is 2. The van der Waals surface area contributed by atoms with Gasteiger partial charge in [-0.1, -0.05) is 15.9 Å². The van der Waals surface area contributed by atoms with Crippen LogP contribution in [0.25, 0.3) is 0 Å². The first-order valence-corrected chi connectivity index (χ1v) is 7.61. The summed E-state index contributed by atoms with van der Waals surface area (Å²) in [6.45, 7) is 5.38. The molecule has 1 heterocycles. The van der Waals surface area contributed by atoms with E-state index in [1.807, 2.05) is 18.2 Å². The second-order valence-corrected chi connectivity index (χ2v) is 7.08. The van der Waals surface area contributed by atoms with Gasteiger partial charge in [0.1, 0.15) is 6.04 Å². The van der Waals surface area contributed by atoms with Crippen LogP contribution in [-0.2, 0) is 11.2 Å². The van der Waals surface area contributed by atoms with Crippen LogP contribution < -0.4 is 5.32 Å². The van der Waals surface area contributed by atoms with Crippen molar-refractivity contribution in [3.8, 4) is 0 Å². The Kier molecular flexibility index (Phi) is 4.27. The number of benzene rings is 1. The third-order valence-electron chi connectivity index (χ3n) is 3.56. The first-order chi connectivity index (χ1) is 9.70. The fourth-order valence-electron chi connectivity index (χ4n) is 2.66. The predicted molar refractivity (Wildman–Crippen MR) is 84.5 cm³/mol. The minimum absolute atomic E-state index is 0.270. The second-order valence-electron chi connectivity index (χ2n) is 6.17. The average Bonchev–Trinajstić information content (AvgIpc) is 2.48. The van der Waals surface area contributed by atoms with Crippen LogP contribution in [0.15, 0.2) is 22.7 Å². The maximum Gasteiger partial charge on any atom is 0.408 e. The summed E-state index contributed by atoms with van der Waals surface area (Å²) in [7, 11) is 0. The number of carboxylic acid groups (broad SMARTS) is 1. The van der Waals surface area contributed by atoms with E-state index in [4.69, 9.17) is 0 Å². The summed E-state index contributed by atoms with van der Waals surface area (Å²) in [6.07, 6.45) is 0.0476. The topological polar surface area (TPSA) is 69.6 Å². The van der Waals surface area contributed by atoms with Gasteiger partial charge in [0.05, 0.1) is 0 Å². The molecule has 6 heteroatoms. The Labute approximate surface area is 132 Å². The van der Waals surface area contributed by atoms with Crippen molar-refractivity contribution in [2.75, 3.05) is 5.32 Å². The van der Waals surface area contributed by atoms with Gasteiger partial charge in [0.15, 0.2) is 0 Å². The Morgan fingerprint density at radius 1 is 1.43 bits per heavy atom. The Morgan fingerprint density at radius 2 is 2.10 bits per heavy atom. The van der Waals surface area contributed by atoms with Gasteiger partial charge in [0, 0.05) is 15.7 Å². The van der Waals surface area contributed by atoms with Gasteiger partial charge in [-0.05, 0) is 57.4 Å². The molecular formula is C15H19BrN2O3. The summed E-state index contributed by atoms with van der Waals surface area (Å²) < 4.78 is 0.944. The molecule has 1 unspecified atom stereocenters. The van der Waals surface area contributed by atoms with Crippen LogP contribution in [0, 0.1) is 0 Å². The largest absolute Gasteiger partial charge is 0.465 e. The molecule has 0 aromatic heterocycles. The minimum Gasteiger partial charge on any atom is -0.465 e. The van der Waals surface area contributed by atoms with E-state index in [1.165, 1.54) is 4.90 Å². The van der Waals surface area contributed by atoms with Crippen LogP contribution in [0.3, 0.4) is 0 Å². The van der Waals surface area contributed by atoms with Crippen molar-refractivity contribution in [3.05, 3.63) is 28.2 Å². The van der Waals surface area contributed by atoms with Crippen molar-refractivity contribution in [1.29, 1.82) is 0 Å². The van der Waals surface area contributed by atoms with Crippen LogP contribution in [0.4, 0.5) is 10.5 Å². The summed E-state index contributed by atoms with van der Waals surface area (Å²) in [4.78, 5) is 25.2. The molecule has 5 nitrogen and oxygen atoms in total. The monoisotopic (exact) mass is 354 g/mol. The van der Waals surface area contributed by atoms with Gasteiger partial charge in [-0.2, -0.15) is 0 Å². The molecule has 1 aliphatic heterocycles. The van der Waals surface area contributed by atoms with Gasteiger partial charge < -0.3 is 10.4 Å². The van der Waals surface area contributed by atoms with E-state index in [0.717, 1.165) is 15.7 Å². The number of carbonyl (C=O) groups is 2. The quantitative estimate of drug-likeness (QED) is 0.810. The lowest BCUT2D eigenvalue weighted by molar-refractivity contribution is -0.122. The van der Waals surface area contributed by atoms with Gasteiger partial charge >= 0.3 is 6.09 Å². The van der Waals surface area contributed by atoms with E-state index >= 15 is 0 Å². The zero-order valence-electron chi connectivity index (χ0n) is 12.3. The predicted octanol–water partition coefficient (Wildman–Crippen LogP) is 3.48. The van der Waals surface area contributed by atoms with Crippen LogP contribution >= 0.6 is 15.9 Å². The molecule has 1 aromatic carbocycles. The number of rotatable bonds is 1. The number of hydrogen-bond acceptors (Lipinski definition) is 2. The zero-order valence-corrected chi connectivity index (χ0v) is 13.9. The molecule has 0 aliphatic carbocycles. The van der Waals surface area contributed by atoms with Crippen molar-refractivity contribution < 1.29 is 14.7 Å². The SMILES string of the molecule is CC(C)(C)N(C(=O)O)C1CCc2cc(Br)ccc2NC1=O. The number of aryl methyl sites for hydroxylation is 1. The summed E-state index contributed by atoms with van der Waals surface area (Å²) in [5, 5.41) is 12.3. The molecule has 0 bridgehead atoms. The van der Waals surface area contributed by atoms with Crippen LogP contribution in [0.5, 0.6) is 0 Å². The number of nitrogens with zero attached hydrogens (tertiary/aromatic N) is 1. The smallest absolute Gasteiger partial charge is 0.408 e. The molecular weight excluding hydrogens is 336 g/mol. The number of amides is 2. The third-order valence-corrected chi connectivity index (χ3v) is 4.05. The Morgan fingerprint density at radius 3 is 2.67 bits per heavy atom. The first kappa shape index (κ1) is 15.8. The van der Waals surface area contributed by atoms with Crippen molar-refractivity contribution >= 4 is 33.6 Å². The molecule has 0 fully saturated rings. The molecule has 1 aliphatic rings. The minimum atomic E-state index is -1.07. The summed E-state index contributed by atoms with van der Waals surface area (Å²) >= 11 is 3.41. The molecule has 0 saturated carbocycles. The Balaban J connectivity index is 2.33. The molecule has 0 radical (unpaired) electrons. The lowest BCUT2D eigenvalue weighted by atomic mass is 9.99. The van der Waals surface area contributed by atoms with Crippen LogP contribution in [0.1, 0.15) is 32.8 Å². The lowest BCUT2D eigenvalue weighted by Gasteiger charge is -2.38. The number of anilines is 1. The van der Waals surface area contributed by atoms with Gasteiger partial charge in [-0.15, -0.1) is 0 Å². The maximum atomic E-state index is 12.4. The lowest BCUT2D eigenvalue weighted by Crippen LogP contribution is -2.55. The fourth-order valence-corrected chi connectivity index (χ4v) is 3.07. The molecule has 1 atom stereocenters. The van der Waals surface area contributed by atoms with Crippen molar-refractivity contribution in [3.63, 3.8) is 0 Å². The summed E-state index contributed by atoms with van der Waals surface area (Å²) in [5.74, 6) is -0.270. The van der Waals surface area contributed by atoms with E-state index in [1.54, 1.807) is 20.8 Å². The molecule has 2 amide bonds. The number of carbonyl (C=O) groups excluding carboxylic acids is 1. The molecule has 2 rings (SSSR count). The molecule has 2 N–H and O–H groups in total. The van der Waals surface area contributed by atoms with Crippen molar-refractivity contribution in [2.24, 2.45) is 0 Å². The fraction of sp³-hybridized carbons (Fsp3) is 0.467. The number of fused-ring (bicyclic) bond motifs is 1. The molecule has 114 valence electrons. The molecule has 0 spiro atoms. The van der Waals surface area contributed by atoms with E-state index in [-0.39, 0.29) is 5.91 Å². The van der Waals surface area contributed by atoms with Gasteiger partial charge in [-0.3, -0.25) is 9.69 Å². The third kappa shape index (κ3) is 3.37. The summed E-state index contributed by atoms with van der Waals surface area (Å²) in [5.41, 5.74) is 1.13.